The molecule has 0 heterocycles. The first-order valence-corrected chi connectivity index (χ1v) is 21.9. The zero-order chi connectivity index (χ0) is 38.9. The van der Waals surface area contributed by atoms with E-state index in [1.54, 1.807) is 0 Å². The molecule has 2 atom stereocenters. The second kappa shape index (κ2) is 39.2. The van der Waals surface area contributed by atoms with Crippen LogP contribution < -0.4 is 5.73 Å². The van der Waals surface area contributed by atoms with Crippen molar-refractivity contribution in [3.63, 3.8) is 0 Å². The smallest absolute Gasteiger partial charge is 0.462 e. The minimum Gasteiger partial charge on any atom is -0.462 e. The van der Waals surface area contributed by atoms with Gasteiger partial charge in [-0.15, -0.1) is 0 Å². The zero-order valence-electron chi connectivity index (χ0n) is 33.2. The highest BCUT2D eigenvalue weighted by Gasteiger charge is 2.25. The monoisotopic (exact) mass is 764 g/mol. The van der Waals surface area contributed by atoms with Crippen LogP contribution in [-0.2, 0) is 32.7 Å². The van der Waals surface area contributed by atoms with Crippen LogP contribution in [0, 0.1) is 0 Å². The molecule has 0 bridgehead atoms. The summed E-state index contributed by atoms with van der Waals surface area (Å²) in [7, 11) is -4.40. The number of esters is 2. The van der Waals surface area contributed by atoms with Crippen molar-refractivity contribution >= 4 is 19.8 Å². The average molecular weight is 764 g/mol. The van der Waals surface area contributed by atoms with E-state index >= 15 is 0 Å². The van der Waals surface area contributed by atoms with E-state index in [1.165, 1.54) is 57.8 Å². The van der Waals surface area contributed by atoms with Gasteiger partial charge in [-0.25, -0.2) is 4.57 Å². The van der Waals surface area contributed by atoms with Gasteiger partial charge in [0.15, 0.2) is 6.10 Å². The standard InChI is InChI=1S/C43H74NO8P/c1-3-5-7-9-11-13-15-17-18-19-20-21-22-24-25-27-29-31-33-35-42(45)49-39-41(40-51-53(47,48)50-38-37-44)52-43(46)36-34-32-30-28-26-23-16-14-12-10-8-6-4-2/h6,8,11-14,17-18,23,26,30,32,41H,3-5,7,9-10,15-16,19-22,24-25,27-29,31,33-40,44H2,1-2H3,(H,47,48)/b8-6-,13-11-,14-12-,18-17-,26-23-,32-30-. The molecular formula is C43H74NO8P. The Morgan fingerprint density at radius 3 is 1.62 bits per heavy atom. The van der Waals surface area contributed by atoms with Crippen LogP contribution in [0.4, 0.5) is 0 Å². The SMILES string of the molecule is CC/C=C\C/C=C\C/C=C\C/C=C\CCC(=O)OC(COC(=O)CCCCCCCCCCC/C=C\C/C=C\CCCCC)COP(=O)(O)OCCN. The summed E-state index contributed by atoms with van der Waals surface area (Å²) in [5, 5.41) is 0. The lowest BCUT2D eigenvalue weighted by Gasteiger charge is -2.19. The second-order valence-corrected chi connectivity index (χ2v) is 14.6. The van der Waals surface area contributed by atoms with E-state index in [-0.39, 0.29) is 32.6 Å². The van der Waals surface area contributed by atoms with Crippen molar-refractivity contribution in [2.45, 2.75) is 161 Å². The summed E-state index contributed by atoms with van der Waals surface area (Å²) in [4.78, 5) is 34.7. The number of ether oxygens (including phenoxy) is 2. The molecule has 0 radical (unpaired) electrons. The topological polar surface area (TPSA) is 134 Å². The van der Waals surface area contributed by atoms with Gasteiger partial charge in [-0.05, 0) is 70.6 Å². The number of unbranched alkanes of at least 4 members (excludes halogenated alkanes) is 12. The first kappa shape index (κ1) is 50.5. The van der Waals surface area contributed by atoms with Crippen LogP contribution in [0.5, 0.6) is 0 Å². The number of carbonyl (C=O) groups excluding carboxylic acids is 2. The van der Waals surface area contributed by atoms with Crippen LogP contribution in [0.2, 0.25) is 0 Å². The summed E-state index contributed by atoms with van der Waals surface area (Å²) in [6.45, 7) is 3.48. The van der Waals surface area contributed by atoms with Gasteiger partial charge in [-0.3, -0.25) is 18.6 Å². The van der Waals surface area contributed by atoms with Crippen LogP contribution in [0.1, 0.15) is 155 Å². The number of carbonyl (C=O) groups is 2. The maximum absolute atomic E-state index is 12.5. The Bertz CT molecular complexity index is 1100. The van der Waals surface area contributed by atoms with E-state index in [0.29, 0.717) is 12.8 Å². The summed E-state index contributed by atoms with van der Waals surface area (Å²) in [5.74, 6) is -0.935. The quantitative estimate of drug-likeness (QED) is 0.0274. The van der Waals surface area contributed by atoms with Gasteiger partial charge in [0.2, 0.25) is 0 Å². The predicted octanol–water partition coefficient (Wildman–Crippen LogP) is 11.5. The highest BCUT2D eigenvalue weighted by Crippen LogP contribution is 2.43. The summed E-state index contributed by atoms with van der Waals surface area (Å²) in [6, 6.07) is 0. The summed E-state index contributed by atoms with van der Waals surface area (Å²) < 4.78 is 32.6. The first-order valence-electron chi connectivity index (χ1n) is 20.4. The minimum absolute atomic E-state index is 0.0389. The van der Waals surface area contributed by atoms with Crippen molar-refractivity contribution < 1.29 is 37.6 Å². The van der Waals surface area contributed by atoms with Crippen molar-refractivity contribution in [3.05, 3.63) is 72.9 Å². The third-order valence-corrected chi connectivity index (χ3v) is 9.07. The number of allylic oxidation sites excluding steroid dienone is 12. The fourth-order valence-electron chi connectivity index (χ4n) is 5.09. The maximum atomic E-state index is 12.5. The molecule has 0 saturated carbocycles. The van der Waals surface area contributed by atoms with E-state index < -0.39 is 32.5 Å². The van der Waals surface area contributed by atoms with Gasteiger partial charge in [0, 0.05) is 19.4 Å². The van der Waals surface area contributed by atoms with Crippen molar-refractivity contribution in [2.75, 3.05) is 26.4 Å². The van der Waals surface area contributed by atoms with E-state index in [9.17, 15) is 19.0 Å². The Kier molecular flexibility index (Phi) is 37.3. The van der Waals surface area contributed by atoms with Crippen LogP contribution in [0.25, 0.3) is 0 Å². The third kappa shape index (κ3) is 39.0. The fraction of sp³-hybridized carbons (Fsp3) is 0.674. The molecule has 0 aliphatic carbocycles. The zero-order valence-corrected chi connectivity index (χ0v) is 34.1. The van der Waals surface area contributed by atoms with Crippen molar-refractivity contribution in [2.24, 2.45) is 5.73 Å². The predicted molar refractivity (Wildman–Crippen MR) is 219 cm³/mol. The van der Waals surface area contributed by atoms with Gasteiger partial charge >= 0.3 is 19.8 Å². The third-order valence-electron chi connectivity index (χ3n) is 8.09. The second-order valence-electron chi connectivity index (χ2n) is 13.1. The Morgan fingerprint density at radius 1 is 0.585 bits per heavy atom. The highest BCUT2D eigenvalue weighted by atomic mass is 31.2. The minimum atomic E-state index is -4.40. The lowest BCUT2D eigenvalue weighted by atomic mass is 10.1. The Labute approximate surface area is 322 Å². The van der Waals surface area contributed by atoms with Gasteiger partial charge in [0.25, 0.3) is 0 Å². The molecule has 0 aromatic rings. The molecule has 2 unspecified atom stereocenters. The molecule has 3 N–H and O–H groups in total. The Morgan fingerprint density at radius 2 is 1.08 bits per heavy atom. The number of hydrogen-bond donors (Lipinski definition) is 2. The molecule has 9 nitrogen and oxygen atoms in total. The molecule has 304 valence electrons. The average Bonchev–Trinajstić information content (AvgIpc) is 3.14. The molecule has 0 spiro atoms. The molecule has 0 aliphatic rings. The van der Waals surface area contributed by atoms with Crippen LogP contribution in [0.15, 0.2) is 72.9 Å². The van der Waals surface area contributed by atoms with E-state index in [2.05, 4.69) is 74.6 Å². The van der Waals surface area contributed by atoms with Gasteiger partial charge in [-0.1, -0.05) is 145 Å². The molecule has 0 aliphatic heterocycles. The number of nitrogens with two attached hydrogens (primary N) is 1. The van der Waals surface area contributed by atoms with Gasteiger partial charge in [0.1, 0.15) is 6.61 Å². The summed E-state index contributed by atoms with van der Waals surface area (Å²) in [6.07, 6.45) is 46.7. The number of phosphoric ester groups is 1. The van der Waals surface area contributed by atoms with Gasteiger partial charge in [-0.2, -0.15) is 0 Å². The first-order chi connectivity index (χ1) is 25.8. The molecule has 0 saturated heterocycles. The molecular weight excluding hydrogens is 689 g/mol. The van der Waals surface area contributed by atoms with Crippen LogP contribution in [0.3, 0.4) is 0 Å². The lowest BCUT2D eigenvalue weighted by molar-refractivity contribution is -0.161. The number of phosphoric acid groups is 1. The molecule has 0 aromatic heterocycles. The van der Waals surface area contributed by atoms with Crippen molar-refractivity contribution in [3.8, 4) is 0 Å². The summed E-state index contributed by atoms with van der Waals surface area (Å²) in [5.41, 5.74) is 5.33. The van der Waals surface area contributed by atoms with Crippen molar-refractivity contribution in [1.29, 1.82) is 0 Å². The maximum Gasteiger partial charge on any atom is 0.472 e. The Hall–Kier alpha value is -2.55. The molecule has 0 rings (SSSR count). The molecule has 53 heavy (non-hydrogen) atoms. The molecule has 0 fully saturated rings. The van der Waals surface area contributed by atoms with Gasteiger partial charge < -0.3 is 20.1 Å². The van der Waals surface area contributed by atoms with Crippen molar-refractivity contribution in [1.82, 2.24) is 0 Å². The number of rotatable bonds is 37. The lowest BCUT2D eigenvalue weighted by Crippen LogP contribution is -2.29. The summed E-state index contributed by atoms with van der Waals surface area (Å²) >= 11 is 0. The van der Waals surface area contributed by atoms with Crippen LogP contribution >= 0.6 is 7.82 Å². The molecule has 0 aromatic carbocycles. The highest BCUT2D eigenvalue weighted by molar-refractivity contribution is 7.47. The fourth-order valence-corrected chi connectivity index (χ4v) is 5.85. The van der Waals surface area contributed by atoms with Crippen LogP contribution in [-0.4, -0.2) is 49.3 Å². The van der Waals surface area contributed by atoms with E-state index in [0.717, 1.165) is 57.8 Å². The molecule has 0 amide bonds. The van der Waals surface area contributed by atoms with Gasteiger partial charge in [0.05, 0.1) is 13.2 Å². The number of hydrogen-bond acceptors (Lipinski definition) is 8. The normalized spacial score (nSPS) is 14.1. The largest absolute Gasteiger partial charge is 0.472 e. The van der Waals surface area contributed by atoms with E-state index in [1.807, 2.05) is 12.2 Å². The Balaban J connectivity index is 4.24. The van der Waals surface area contributed by atoms with E-state index in [4.69, 9.17) is 24.3 Å². The molecule has 10 heteroatoms.